The lowest BCUT2D eigenvalue weighted by molar-refractivity contribution is -0.152. The van der Waals surface area contributed by atoms with Crippen LogP contribution in [0, 0.1) is 5.41 Å². The number of rotatable bonds is 6. The molecule has 0 saturated heterocycles. The van der Waals surface area contributed by atoms with Crippen LogP contribution in [0.5, 0.6) is 0 Å². The lowest BCUT2D eigenvalue weighted by Crippen LogP contribution is -2.46. The van der Waals surface area contributed by atoms with Crippen LogP contribution < -0.4 is 0 Å². The zero-order valence-corrected chi connectivity index (χ0v) is 22.2. The molecule has 0 aromatic rings. The van der Waals surface area contributed by atoms with Gasteiger partial charge in [0.1, 0.15) is 16.3 Å². The summed E-state index contributed by atoms with van der Waals surface area (Å²) in [6.07, 6.45) is 17.5. The number of aliphatic hydroxyl groups is 1. The summed E-state index contributed by atoms with van der Waals surface area (Å²) >= 11 is 3.14. The van der Waals surface area contributed by atoms with Gasteiger partial charge in [-0.3, -0.25) is 4.79 Å². The van der Waals surface area contributed by atoms with Crippen molar-refractivity contribution < 1.29 is 24.2 Å². The highest BCUT2D eigenvalue weighted by Gasteiger charge is 2.46. The molecule has 1 aliphatic carbocycles. The van der Waals surface area contributed by atoms with Gasteiger partial charge in [-0.2, -0.15) is 0 Å². The molecule has 2 rings (SSSR count). The van der Waals surface area contributed by atoms with E-state index in [0.717, 1.165) is 16.7 Å². The van der Waals surface area contributed by atoms with Crippen molar-refractivity contribution in [1.29, 1.82) is 0 Å². The van der Waals surface area contributed by atoms with Crippen LogP contribution in [0.3, 0.4) is 0 Å². The minimum Gasteiger partial charge on any atom is -0.462 e. The number of allylic oxidation sites excluding steroid dienone is 10. The maximum absolute atomic E-state index is 11.3. The van der Waals surface area contributed by atoms with E-state index in [1.807, 2.05) is 70.2 Å². The first-order valence-corrected chi connectivity index (χ1v) is 12.0. The van der Waals surface area contributed by atoms with Crippen LogP contribution in [-0.2, 0) is 19.1 Å². The van der Waals surface area contributed by atoms with Gasteiger partial charge in [0.15, 0.2) is 0 Å². The van der Waals surface area contributed by atoms with E-state index in [1.54, 1.807) is 19.1 Å². The summed E-state index contributed by atoms with van der Waals surface area (Å²) in [6, 6.07) is 0. The largest absolute Gasteiger partial charge is 0.462 e. The highest BCUT2D eigenvalue weighted by Crippen LogP contribution is 2.46. The quantitative estimate of drug-likeness (QED) is 0.249. The first-order valence-electron chi connectivity index (χ1n) is 11.2. The van der Waals surface area contributed by atoms with Gasteiger partial charge in [0.2, 0.25) is 0 Å². The van der Waals surface area contributed by atoms with Gasteiger partial charge in [0.05, 0.1) is 5.60 Å². The zero-order valence-electron chi connectivity index (χ0n) is 20.6. The van der Waals surface area contributed by atoms with Crippen molar-refractivity contribution in [2.24, 2.45) is 5.41 Å². The van der Waals surface area contributed by atoms with E-state index in [9.17, 15) is 14.7 Å². The van der Waals surface area contributed by atoms with Gasteiger partial charge in [0.25, 0.3) is 0 Å². The molecule has 5 nitrogen and oxygen atoms in total. The summed E-state index contributed by atoms with van der Waals surface area (Å²) in [5.74, 6) is -0.200. The molecule has 6 heteroatoms. The standard InChI is InChI=1S/C28H33BrO5/c1-19(11-9-7-8-10-12-20(2)15-22-16-24(29)26(31)34-22)13-14-25-27(4,5)17-23(33-21(3)30)18-28(25,6)32/h7-13,15-16,23,32H,17-18H2,1-6H3/b9-7-,10-8+,19-11+,20-12+,22-15-/t14?,23-,28+/m0/s1. The molecule has 1 N–H and O–H groups in total. The molecule has 182 valence electrons. The van der Waals surface area contributed by atoms with Crippen molar-refractivity contribution in [3.8, 4) is 0 Å². The monoisotopic (exact) mass is 528 g/mol. The Morgan fingerprint density at radius 2 is 1.74 bits per heavy atom. The molecular weight excluding hydrogens is 496 g/mol. The predicted molar refractivity (Wildman–Crippen MR) is 138 cm³/mol. The van der Waals surface area contributed by atoms with Gasteiger partial charge in [-0.1, -0.05) is 50.3 Å². The Morgan fingerprint density at radius 3 is 2.26 bits per heavy atom. The average molecular weight is 529 g/mol. The van der Waals surface area contributed by atoms with Crippen molar-refractivity contribution in [3.05, 3.63) is 87.4 Å². The third-order valence-electron chi connectivity index (χ3n) is 5.45. The van der Waals surface area contributed by atoms with Crippen molar-refractivity contribution in [2.75, 3.05) is 0 Å². The molecule has 34 heavy (non-hydrogen) atoms. The highest BCUT2D eigenvalue weighted by molar-refractivity contribution is 9.12. The van der Waals surface area contributed by atoms with Crippen LogP contribution in [0.15, 0.2) is 87.4 Å². The molecule has 1 fully saturated rings. The van der Waals surface area contributed by atoms with Gasteiger partial charge < -0.3 is 14.6 Å². The molecule has 0 amide bonds. The average Bonchev–Trinajstić information content (AvgIpc) is 2.98. The highest BCUT2D eigenvalue weighted by atomic mass is 79.9. The van der Waals surface area contributed by atoms with Gasteiger partial charge in [-0.25, -0.2) is 4.79 Å². The molecule has 0 bridgehead atoms. The third kappa shape index (κ3) is 8.28. The smallest absolute Gasteiger partial charge is 0.350 e. The number of cyclic esters (lactones) is 1. The van der Waals surface area contributed by atoms with E-state index in [-0.39, 0.29) is 23.5 Å². The first kappa shape index (κ1) is 27.6. The molecule has 2 atom stereocenters. The predicted octanol–water partition coefficient (Wildman–Crippen LogP) is 6.30. The molecule has 2 aliphatic rings. The first-order chi connectivity index (χ1) is 15.8. The summed E-state index contributed by atoms with van der Waals surface area (Å²) in [6.45, 7) is 11.1. The Balaban J connectivity index is 2.03. The molecule has 0 radical (unpaired) electrons. The normalized spacial score (nSPS) is 26.6. The Kier molecular flexibility index (Phi) is 9.45. The third-order valence-corrected chi connectivity index (χ3v) is 6.00. The van der Waals surface area contributed by atoms with E-state index in [1.165, 1.54) is 6.92 Å². The summed E-state index contributed by atoms with van der Waals surface area (Å²) in [5.41, 5.74) is 4.61. The fourth-order valence-corrected chi connectivity index (χ4v) is 4.48. The molecule has 0 aromatic heterocycles. The van der Waals surface area contributed by atoms with Crippen molar-refractivity contribution in [2.45, 2.75) is 66.1 Å². The van der Waals surface area contributed by atoms with Crippen LogP contribution in [0.25, 0.3) is 0 Å². The van der Waals surface area contributed by atoms with Crippen molar-refractivity contribution >= 4 is 27.9 Å². The van der Waals surface area contributed by atoms with Gasteiger partial charge in [0, 0.05) is 25.0 Å². The Labute approximate surface area is 210 Å². The van der Waals surface area contributed by atoms with Crippen LogP contribution in [0.2, 0.25) is 0 Å². The number of halogens is 1. The minimum absolute atomic E-state index is 0.306. The Bertz CT molecular complexity index is 1050. The van der Waals surface area contributed by atoms with Crippen LogP contribution in [0.4, 0.5) is 0 Å². The van der Waals surface area contributed by atoms with Crippen molar-refractivity contribution in [1.82, 2.24) is 0 Å². The SMILES string of the molecule is CC(=O)O[C@H]1CC(C)(C)C(=C=C/C(C)=C/C=C\C=C\C=C(C)\C=C2\C=C(Br)C(=O)O2)[C@](C)(O)C1. The molecule has 0 spiro atoms. The fraction of sp³-hybridized carbons (Fsp3) is 0.393. The van der Waals surface area contributed by atoms with Crippen LogP contribution >= 0.6 is 15.9 Å². The van der Waals surface area contributed by atoms with E-state index in [2.05, 4.69) is 21.7 Å². The number of hydrogen-bond donors (Lipinski definition) is 1. The molecule has 1 saturated carbocycles. The molecular formula is C28H33BrO5. The summed E-state index contributed by atoms with van der Waals surface area (Å²) in [5, 5.41) is 11.0. The van der Waals surface area contributed by atoms with E-state index in [4.69, 9.17) is 9.47 Å². The number of carbonyl (C=O) groups is 2. The molecule has 1 aliphatic heterocycles. The van der Waals surface area contributed by atoms with Gasteiger partial charge >= 0.3 is 11.9 Å². The number of hydrogen-bond acceptors (Lipinski definition) is 5. The van der Waals surface area contributed by atoms with Gasteiger partial charge in [-0.05, 0) is 71.8 Å². The zero-order chi connectivity index (χ0) is 25.5. The molecule has 1 heterocycles. The summed E-state index contributed by atoms with van der Waals surface area (Å²) in [4.78, 5) is 22.7. The van der Waals surface area contributed by atoms with Crippen molar-refractivity contribution in [3.63, 3.8) is 0 Å². The maximum atomic E-state index is 11.3. The summed E-state index contributed by atoms with van der Waals surface area (Å²) in [7, 11) is 0. The second-order valence-electron chi connectivity index (χ2n) is 9.48. The number of carbonyl (C=O) groups excluding carboxylic acids is 2. The van der Waals surface area contributed by atoms with E-state index >= 15 is 0 Å². The topological polar surface area (TPSA) is 72.8 Å². The second kappa shape index (κ2) is 11.7. The number of ether oxygens (including phenoxy) is 2. The number of esters is 2. The lowest BCUT2D eigenvalue weighted by atomic mass is 9.65. The fourth-order valence-electron chi connectivity index (χ4n) is 4.18. The van der Waals surface area contributed by atoms with Crippen LogP contribution in [-0.4, -0.2) is 28.8 Å². The van der Waals surface area contributed by atoms with E-state index < -0.39 is 5.60 Å². The molecule has 0 unspecified atom stereocenters. The second-order valence-corrected chi connectivity index (χ2v) is 10.3. The Morgan fingerprint density at radius 1 is 1.12 bits per heavy atom. The molecule has 0 aromatic carbocycles. The van der Waals surface area contributed by atoms with Crippen LogP contribution in [0.1, 0.15) is 54.4 Å². The maximum Gasteiger partial charge on any atom is 0.350 e. The lowest BCUT2D eigenvalue weighted by Gasteiger charge is -2.44. The van der Waals surface area contributed by atoms with E-state index in [0.29, 0.717) is 23.1 Å². The Hall–Kier alpha value is -2.66. The summed E-state index contributed by atoms with van der Waals surface area (Å²) < 4.78 is 10.9. The minimum atomic E-state index is -1.10. The van der Waals surface area contributed by atoms with Gasteiger partial charge in [-0.15, -0.1) is 5.73 Å².